The van der Waals surface area contributed by atoms with Gasteiger partial charge in [0, 0.05) is 5.56 Å². The second-order valence-corrected chi connectivity index (χ2v) is 6.57. The summed E-state index contributed by atoms with van der Waals surface area (Å²) >= 11 is 0. The number of aromatic amines is 1. The lowest BCUT2D eigenvalue weighted by atomic mass is 10.1. The Hall–Kier alpha value is -4.07. The van der Waals surface area contributed by atoms with Crippen molar-refractivity contribution in [3.63, 3.8) is 0 Å². The zero-order valence-electron chi connectivity index (χ0n) is 15.2. The number of amides is 1. The number of nitrogens with zero attached hydrogens (tertiary/aromatic N) is 3. The molecule has 8 heteroatoms. The maximum atomic E-state index is 13.3. The van der Waals surface area contributed by atoms with Crippen LogP contribution in [0.15, 0.2) is 59.1 Å². The van der Waals surface area contributed by atoms with Gasteiger partial charge in [-0.1, -0.05) is 17.3 Å². The molecule has 5 aromatic rings. The van der Waals surface area contributed by atoms with Crippen molar-refractivity contribution in [2.24, 2.45) is 0 Å². The van der Waals surface area contributed by atoms with E-state index in [2.05, 4.69) is 25.4 Å². The van der Waals surface area contributed by atoms with E-state index in [1.54, 1.807) is 25.1 Å². The summed E-state index contributed by atoms with van der Waals surface area (Å²) in [7, 11) is 0. The van der Waals surface area contributed by atoms with Gasteiger partial charge in [0.2, 0.25) is 5.95 Å². The van der Waals surface area contributed by atoms with Crippen LogP contribution >= 0.6 is 0 Å². The third-order valence-electron chi connectivity index (χ3n) is 4.62. The van der Waals surface area contributed by atoms with Gasteiger partial charge in [-0.3, -0.25) is 10.1 Å². The fourth-order valence-corrected chi connectivity index (χ4v) is 3.23. The molecule has 0 spiro atoms. The minimum Gasteiger partial charge on any atom is -0.335 e. The normalized spacial score (nSPS) is 11.2. The molecule has 142 valence electrons. The maximum Gasteiger partial charge on any atom is 0.259 e. The zero-order chi connectivity index (χ0) is 20.0. The van der Waals surface area contributed by atoms with E-state index < -0.39 is 0 Å². The molecule has 0 aliphatic heterocycles. The first kappa shape index (κ1) is 17.1. The van der Waals surface area contributed by atoms with E-state index >= 15 is 0 Å². The molecule has 0 aliphatic carbocycles. The minimum absolute atomic E-state index is 0.235. The van der Waals surface area contributed by atoms with Crippen molar-refractivity contribution < 1.29 is 13.7 Å². The molecule has 7 nitrogen and oxygen atoms in total. The molecule has 0 saturated carbocycles. The van der Waals surface area contributed by atoms with Crippen molar-refractivity contribution in [3.8, 4) is 11.3 Å². The number of carbonyl (C=O) groups excluding carboxylic acids is 1. The minimum atomic E-state index is -0.383. The number of nitrogens with one attached hydrogen (secondary N) is 2. The standard InChI is InChI=1S/C21H14FN5O2/c1-11-18-14(19(28)26-21-24-15-4-2-3-5-16(15)25-21)10-17(23-20(18)29-27-11)12-6-8-13(22)9-7-12/h2-10H,1H3,(H2,24,25,26,28). The number of pyridine rings is 1. The Morgan fingerprint density at radius 2 is 1.90 bits per heavy atom. The summed E-state index contributed by atoms with van der Waals surface area (Å²) in [4.78, 5) is 24.9. The molecule has 3 aromatic heterocycles. The van der Waals surface area contributed by atoms with E-state index in [1.165, 1.54) is 12.1 Å². The summed E-state index contributed by atoms with van der Waals surface area (Å²) in [6.45, 7) is 1.74. The number of halogens is 1. The van der Waals surface area contributed by atoms with E-state index in [4.69, 9.17) is 4.52 Å². The molecule has 0 fully saturated rings. The summed E-state index contributed by atoms with van der Waals surface area (Å²) in [5.74, 6) is -0.405. The number of aryl methyl sites for hydroxylation is 1. The Balaban J connectivity index is 1.59. The number of hydrogen-bond donors (Lipinski definition) is 2. The largest absolute Gasteiger partial charge is 0.335 e. The first-order chi connectivity index (χ1) is 14.1. The number of anilines is 1. The van der Waals surface area contributed by atoms with Gasteiger partial charge in [-0.2, -0.15) is 0 Å². The highest BCUT2D eigenvalue weighted by atomic mass is 19.1. The highest BCUT2D eigenvalue weighted by Crippen LogP contribution is 2.28. The van der Waals surface area contributed by atoms with Gasteiger partial charge in [0.05, 0.1) is 33.4 Å². The molecule has 0 aliphatic rings. The van der Waals surface area contributed by atoms with E-state index in [-0.39, 0.29) is 17.4 Å². The van der Waals surface area contributed by atoms with Crippen molar-refractivity contribution >= 4 is 34.0 Å². The molecule has 2 N–H and O–H groups in total. The van der Waals surface area contributed by atoms with E-state index in [0.717, 1.165) is 11.0 Å². The Bertz CT molecular complexity index is 1340. The van der Waals surface area contributed by atoms with Gasteiger partial charge >= 0.3 is 0 Å². The summed E-state index contributed by atoms with van der Waals surface area (Å²) in [5, 5.41) is 7.23. The lowest BCUT2D eigenvalue weighted by molar-refractivity contribution is 0.102. The Morgan fingerprint density at radius 1 is 1.10 bits per heavy atom. The van der Waals surface area contributed by atoms with Gasteiger partial charge in [0.15, 0.2) is 0 Å². The highest BCUT2D eigenvalue weighted by Gasteiger charge is 2.20. The summed E-state index contributed by atoms with van der Waals surface area (Å²) < 4.78 is 18.6. The lowest BCUT2D eigenvalue weighted by Crippen LogP contribution is -2.14. The van der Waals surface area contributed by atoms with Crippen LogP contribution in [0.3, 0.4) is 0 Å². The summed E-state index contributed by atoms with van der Waals surface area (Å²) in [6, 6.07) is 15.0. The second kappa shape index (κ2) is 6.52. The van der Waals surface area contributed by atoms with Gasteiger partial charge in [-0.05, 0) is 49.4 Å². The predicted octanol–water partition coefficient (Wildman–Crippen LogP) is 4.47. The number of aromatic nitrogens is 4. The Kier molecular flexibility index (Phi) is 3.83. The average Bonchev–Trinajstić information content (AvgIpc) is 3.30. The third kappa shape index (κ3) is 3.00. The quantitative estimate of drug-likeness (QED) is 0.476. The molecular formula is C21H14FN5O2. The molecule has 5 rings (SSSR count). The average molecular weight is 387 g/mol. The summed E-state index contributed by atoms with van der Waals surface area (Å²) in [5.41, 5.74) is 3.82. The number of hydrogen-bond acceptors (Lipinski definition) is 5. The van der Waals surface area contributed by atoms with Crippen molar-refractivity contribution in [1.29, 1.82) is 0 Å². The number of para-hydroxylation sites is 2. The molecule has 0 unspecified atom stereocenters. The molecular weight excluding hydrogens is 373 g/mol. The lowest BCUT2D eigenvalue weighted by Gasteiger charge is -2.07. The van der Waals surface area contributed by atoms with Crippen LogP contribution in [0, 0.1) is 12.7 Å². The predicted molar refractivity (Wildman–Crippen MR) is 106 cm³/mol. The van der Waals surface area contributed by atoms with Crippen molar-refractivity contribution in [3.05, 3.63) is 71.7 Å². The van der Waals surface area contributed by atoms with Gasteiger partial charge in [0.25, 0.3) is 11.6 Å². The van der Waals surface area contributed by atoms with E-state index in [0.29, 0.717) is 33.8 Å². The van der Waals surface area contributed by atoms with E-state index in [9.17, 15) is 9.18 Å². The Labute approximate surface area is 163 Å². The number of imidazole rings is 1. The second-order valence-electron chi connectivity index (χ2n) is 6.57. The number of fused-ring (bicyclic) bond motifs is 2. The SMILES string of the molecule is Cc1noc2nc(-c3ccc(F)cc3)cc(C(=O)Nc3nc4ccccc4[nH]3)c12. The van der Waals surface area contributed by atoms with Crippen molar-refractivity contribution in [1.82, 2.24) is 20.1 Å². The maximum absolute atomic E-state index is 13.3. The third-order valence-corrected chi connectivity index (χ3v) is 4.62. The molecule has 0 radical (unpaired) electrons. The van der Waals surface area contributed by atoms with Gasteiger partial charge < -0.3 is 9.51 Å². The van der Waals surface area contributed by atoms with E-state index in [1.807, 2.05) is 24.3 Å². The van der Waals surface area contributed by atoms with Crippen LogP contribution in [0.5, 0.6) is 0 Å². The van der Waals surface area contributed by atoms with Crippen LogP contribution in [-0.2, 0) is 0 Å². The molecule has 0 saturated heterocycles. The van der Waals surface area contributed by atoms with Crippen LogP contribution in [0.2, 0.25) is 0 Å². The number of benzene rings is 2. The fourth-order valence-electron chi connectivity index (χ4n) is 3.23. The molecule has 0 atom stereocenters. The number of H-pyrrole nitrogens is 1. The Morgan fingerprint density at radius 3 is 2.69 bits per heavy atom. The first-order valence-electron chi connectivity index (χ1n) is 8.87. The van der Waals surface area contributed by atoms with Crippen molar-refractivity contribution in [2.75, 3.05) is 5.32 Å². The summed E-state index contributed by atoms with van der Waals surface area (Å²) in [6.07, 6.45) is 0. The van der Waals surface area contributed by atoms with Crippen LogP contribution in [0.25, 0.3) is 33.4 Å². The number of rotatable bonds is 3. The van der Waals surface area contributed by atoms with Crippen LogP contribution in [0.4, 0.5) is 10.3 Å². The van der Waals surface area contributed by atoms with Crippen LogP contribution in [0.1, 0.15) is 16.1 Å². The monoisotopic (exact) mass is 387 g/mol. The van der Waals surface area contributed by atoms with Crippen LogP contribution in [-0.4, -0.2) is 26.0 Å². The van der Waals surface area contributed by atoms with Crippen molar-refractivity contribution in [2.45, 2.75) is 6.92 Å². The molecule has 2 aromatic carbocycles. The van der Waals surface area contributed by atoms with Gasteiger partial charge in [-0.15, -0.1) is 0 Å². The van der Waals surface area contributed by atoms with Crippen LogP contribution < -0.4 is 5.32 Å². The molecule has 3 heterocycles. The smallest absolute Gasteiger partial charge is 0.259 e. The molecule has 1 amide bonds. The molecule has 29 heavy (non-hydrogen) atoms. The molecule has 0 bridgehead atoms. The zero-order valence-corrected chi connectivity index (χ0v) is 15.2. The van der Waals surface area contributed by atoms with Gasteiger partial charge in [-0.25, -0.2) is 14.4 Å². The highest BCUT2D eigenvalue weighted by molar-refractivity contribution is 6.12. The number of carbonyl (C=O) groups is 1. The van der Waals surface area contributed by atoms with Gasteiger partial charge in [0.1, 0.15) is 5.82 Å². The first-order valence-corrected chi connectivity index (χ1v) is 8.87. The fraction of sp³-hybridized carbons (Fsp3) is 0.0476. The topological polar surface area (TPSA) is 96.7 Å².